The standard InChI is InChI=1S/C14H18N4O2/c1-19-5-4-18-13(7-15)16-17-14(18)10-2-3-11-8-20-9-12(11)6-10/h2-3,6H,4-5,7-9,15H2,1H3. The summed E-state index contributed by atoms with van der Waals surface area (Å²) < 4.78 is 12.6. The van der Waals surface area contributed by atoms with E-state index in [1.165, 1.54) is 11.1 Å². The zero-order valence-electron chi connectivity index (χ0n) is 11.5. The first-order chi connectivity index (χ1) is 9.83. The van der Waals surface area contributed by atoms with E-state index in [1.54, 1.807) is 7.11 Å². The third-order valence-electron chi connectivity index (χ3n) is 3.51. The molecule has 2 N–H and O–H groups in total. The summed E-state index contributed by atoms with van der Waals surface area (Å²) in [4.78, 5) is 0. The van der Waals surface area contributed by atoms with Crippen molar-refractivity contribution in [2.24, 2.45) is 5.73 Å². The molecule has 0 saturated heterocycles. The Morgan fingerprint density at radius 2 is 2.15 bits per heavy atom. The minimum atomic E-state index is 0.366. The number of nitrogens with zero attached hydrogens (tertiary/aromatic N) is 3. The zero-order valence-corrected chi connectivity index (χ0v) is 11.5. The third kappa shape index (κ3) is 2.33. The normalized spacial score (nSPS) is 13.7. The van der Waals surface area contributed by atoms with E-state index in [1.807, 2.05) is 4.57 Å². The highest BCUT2D eigenvalue weighted by Crippen LogP contribution is 2.26. The second-order valence-corrected chi connectivity index (χ2v) is 4.76. The van der Waals surface area contributed by atoms with Crippen LogP contribution in [-0.4, -0.2) is 28.5 Å². The van der Waals surface area contributed by atoms with Gasteiger partial charge in [0.05, 0.1) is 26.4 Å². The van der Waals surface area contributed by atoms with E-state index < -0.39 is 0 Å². The van der Waals surface area contributed by atoms with Gasteiger partial charge in [-0.15, -0.1) is 10.2 Å². The molecule has 0 bridgehead atoms. The Hall–Kier alpha value is -1.76. The predicted molar refractivity (Wildman–Crippen MR) is 73.7 cm³/mol. The van der Waals surface area contributed by atoms with Crippen molar-refractivity contribution in [3.63, 3.8) is 0 Å². The quantitative estimate of drug-likeness (QED) is 0.883. The highest BCUT2D eigenvalue weighted by molar-refractivity contribution is 5.58. The molecule has 1 aliphatic rings. The largest absolute Gasteiger partial charge is 0.383 e. The number of hydrogen-bond acceptors (Lipinski definition) is 5. The first-order valence-corrected chi connectivity index (χ1v) is 6.64. The summed E-state index contributed by atoms with van der Waals surface area (Å²) in [5.41, 5.74) is 9.23. The summed E-state index contributed by atoms with van der Waals surface area (Å²) in [5.74, 6) is 1.60. The Bertz CT molecular complexity index is 609. The van der Waals surface area contributed by atoms with Crippen LogP contribution in [0.1, 0.15) is 17.0 Å². The first-order valence-electron chi connectivity index (χ1n) is 6.64. The minimum Gasteiger partial charge on any atom is -0.383 e. The van der Waals surface area contributed by atoms with Crippen molar-refractivity contribution in [2.75, 3.05) is 13.7 Å². The molecule has 2 heterocycles. The van der Waals surface area contributed by atoms with Crippen molar-refractivity contribution in [2.45, 2.75) is 26.3 Å². The molecule has 20 heavy (non-hydrogen) atoms. The van der Waals surface area contributed by atoms with Crippen molar-refractivity contribution >= 4 is 0 Å². The van der Waals surface area contributed by atoms with Crippen molar-refractivity contribution in [3.8, 4) is 11.4 Å². The third-order valence-corrected chi connectivity index (χ3v) is 3.51. The molecule has 0 fully saturated rings. The van der Waals surface area contributed by atoms with Crippen LogP contribution in [-0.2, 0) is 35.8 Å². The molecule has 6 heteroatoms. The van der Waals surface area contributed by atoms with Crippen LogP contribution in [0, 0.1) is 0 Å². The Kier molecular flexibility index (Phi) is 3.77. The van der Waals surface area contributed by atoms with Gasteiger partial charge in [-0.2, -0.15) is 0 Å². The minimum absolute atomic E-state index is 0.366. The topological polar surface area (TPSA) is 75.2 Å². The van der Waals surface area contributed by atoms with Gasteiger partial charge in [0, 0.05) is 19.2 Å². The number of fused-ring (bicyclic) bond motifs is 1. The Morgan fingerprint density at radius 3 is 2.95 bits per heavy atom. The van der Waals surface area contributed by atoms with Crippen molar-refractivity contribution in [3.05, 3.63) is 35.2 Å². The van der Waals surface area contributed by atoms with Gasteiger partial charge in [0.15, 0.2) is 5.82 Å². The van der Waals surface area contributed by atoms with Crippen LogP contribution >= 0.6 is 0 Å². The van der Waals surface area contributed by atoms with Crippen LogP contribution in [0.3, 0.4) is 0 Å². The molecule has 0 aliphatic carbocycles. The second kappa shape index (κ2) is 5.70. The number of aromatic nitrogens is 3. The molecule has 0 spiro atoms. The maximum atomic E-state index is 5.72. The lowest BCUT2D eigenvalue weighted by Crippen LogP contribution is -2.12. The molecule has 0 radical (unpaired) electrons. The summed E-state index contributed by atoms with van der Waals surface area (Å²) in [5, 5.41) is 8.43. The number of methoxy groups -OCH3 is 1. The molecular weight excluding hydrogens is 256 g/mol. The molecule has 6 nitrogen and oxygen atoms in total. The highest BCUT2D eigenvalue weighted by Gasteiger charge is 2.16. The van der Waals surface area contributed by atoms with Crippen LogP contribution in [0.2, 0.25) is 0 Å². The van der Waals surface area contributed by atoms with Crippen molar-refractivity contribution < 1.29 is 9.47 Å². The van der Waals surface area contributed by atoms with E-state index in [0.717, 1.165) is 17.2 Å². The number of hydrogen-bond donors (Lipinski definition) is 1. The maximum Gasteiger partial charge on any atom is 0.164 e. The van der Waals surface area contributed by atoms with Gasteiger partial charge < -0.3 is 19.8 Å². The molecule has 0 amide bonds. The molecule has 0 atom stereocenters. The van der Waals surface area contributed by atoms with Gasteiger partial charge in [-0.05, 0) is 17.2 Å². The average Bonchev–Trinajstić information content (AvgIpc) is 3.10. The van der Waals surface area contributed by atoms with Crippen LogP contribution < -0.4 is 5.73 Å². The fraction of sp³-hybridized carbons (Fsp3) is 0.429. The van der Waals surface area contributed by atoms with E-state index in [4.69, 9.17) is 15.2 Å². The Morgan fingerprint density at radius 1 is 1.30 bits per heavy atom. The fourth-order valence-electron chi connectivity index (χ4n) is 2.43. The van der Waals surface area contributed by atoms with Gasteiger partial charge in [0.2, 0.25) is 0 Å². The molecule has 1 aromatic heterocycles. The SMILES string of the molecule is COCCn1c(CN)nnc1-c1ccc2c(c1)COC2. The molecular formula is C14H18N4O2. The summed E-state index contributed by atoms with van der Waals surface area (Å²) in [6.07, 6.45) is 0. The summed E-state index contributed by atoms with van der Waals surface area (Å²) >= 11 is 0. The number of nitrogens with two attached hydrogens (primary N) is 1. The molecule has 0 saturated carbocycles. The van der Waals surface area contributed by atoms with Gasteiger partial charge in [0.1, 0.15) is 5.82 Å². The monoisotopic (exact) mass is 274 g/mol. The Balaban J connectivity index is 1.98. The predicted octanol–water partition coefficient (Wildman–Crippen LogP) is 1.08. The fourth-order valence-corrected chi connectivity index (χ4v) is 2.43. The molecule has 0 unspecified atom stereocenters. The average molecular weight is 274 g/mol. The second-order valence-electron chi connectivity index (χ2n) is 4.76. The van der Waals surface area contributed by atoms with E-state index in [9.17, 15) is 0 Å². The lowest BCUT2D eigenvalue weighted by atomic mass is 10.1. The number of benzene rings is 1. The molecule has 1 aliphatic heterocycles. The Labute approximate surface area is 117 Å². The van der Waals surface area contributed by atoms with E-state index >= 15 is 0 Å². The van der Waals surface area contributed by atoms with Crippen LogP contribution in [0.15, 0.2) is 18.2 Å². The zero-order chi connectivity index (χ0) is 13.9. The van der Waals surface area contributed by atoms with Crippen molar-refractivity contribution in [1.82, 2.24) is 14.8 Å². The van der Waals surface area contributed by atoms with E-state index in [-0.39, 0.29) is 0 Å². The lowest BCUT2D eigenvalue weighted by Gasteiger charge is -2.09. The molecule has 2 aromatic rings. The summed E-state index contributed by atoms with van der Waals surface area (Å²) in [7, 11) is 1.68. The van der Waals surface area contributed by atoms with E-state index in [2.05, 4.69) is 28.4 Å². The molecule has 1 aromatic carbocycles. The number of rotatable bonds is 5. The van der Waals surface area contributed by atoms with Gasteiger partial charge in [-0.1, -0.05) is 12.1 Å². The molecule has 3 rings (SSSR count). The van der Waals surface area contributed by atoms with Crippen LogP contribution in [0.4, 0.5) is 0 Å². The first kappa shape index (κ1) is 13.2. The highest BCUT2D eigenvalue weighted by atomic mass is 16.5. The van der Waals surface area contributed by atoms with Crippen LogP contribution in [0.5, 0.6) is 0 Å². The smallest absolute Gasteiger partial charge is 0.164 e. The summed E-state index contributed by atoms with van der Waals surface area (Å²) in [6.45, 7) is 3.02. The number of ether oxygens (including phenoxy) is 2. The van der Waals surface area contributed by atoms with Gasteiger partial charge >= 0.3 is 0 Å². The maximum absolute atomic E-state index is 5.72. The van der Waals surface area contributed by atoms with Gasteiger partial charge in [-0.3, -0.25) is 0 Å². The lowest BCUT2D eigenvalue weighted by molar-refractivity contribution is 0.134. The van der Waals surface area contributed by atoms with Crippen molar-refractivity contribution in [1.29, 1.82) is 0 Å². The molecule has 106 valence electrons. The van der Waals surface area contributed by atoms with Gasteiger partial charge in [-0.25, -0.2) is 0 Å². The van der Waals surface area contributed by atoms with Gasteiger partial charge in [0.25, 0.3) is 0 Å². The summed E-state index contributed by atoms with van der Waals surface area (Å²) in [6, 6.07) is 6.27. The van der Waals surface area contributed by atoms with E-state index in [0.29, 0.717) is 32.9 Å². The van der Waals surface area contributed by atoms with Crippen LogP contribution in [0.25, 0.3) is 11.4 Å².